The fourth-order valence-corrected chi connectivity index (χ4v) is 4.30. The minimum Gasteiger partial charge on any atom is -0.323 e. The third-order valence-electron chi connectivity index (χ3n) is 5.39. The topological polar surface area (TPSA) is 32.3 Å². The molecule has 2 saturated carbocycles. The molecule has 0 aromatic heterocycles. The van der Waals surface area contributed by atoms with Gasteiger partial charge in [-0.15, -0.1) is 0 Å². The van der Waals surface area contributed by atoms with Crippen molar-refractivity contribution in [1.29, 1.82) is 0 Å². The molecule has 3 nitrogen and oxygen atoms in total. The first-order valence-corrected chi connectivity index (χ1v) is 8.29. The standard InChI is InChI=1S/C16H28N2O/c1-3-6-14-16(19)18(13-9-11(2)10-13)15(17-14)12-7-4-5-8-12/h11-15,17H,3-10H2,1-2H3. The van der Waals surface area contributed by atoms with Gasteiger partial charge < -0.3 is 4.90 Å². The number of hydrogen-bond acceptors (Lipinski definition) is 2. The summed E-state index contributed by atoms with van der Waals surface area (Å²) in [7, 11) is 0. The molecule has 2 atom stereocenters. The van der Waals surface area contributed by atoms with Crippen LogP contribution >= 0.6 is 0 Å². The third kappa shape index (κ3) is 2.42. The Labute approximate surface area is 117 Å². The van der Waals surface area contributed by atoms with Crippen molar-refractivity contribution in [3.8, 4) is 0 Å². The molecular weight excluding hydrogens is 236 g/mol. The SMILES string of the molecule is CCCC1NC(C2CCCC2)N(C2CC(C)C2)C1=O. The van der Waals surface area contributed by atoms with Crippen LogP contribution < -0.4 is 5.32 Å². The number of hydrogen-bond donors (Lipinski definition) is 1. The second-order valence-corrected chi connectivity index (χ2v) is 6.97. The Kier molecular flexibility index (Phi) is 3.84. The van der Waals surface area contributed by atoms with Crippen molar-refractivity contribution in [2.75, 3.05) is 0 Å². The summed E-state index contributed by atoms with van der Waals surface area (Å²) in [6.07, 6.45) is 10.2. The molecule has 0 bridgehead atoms. The molecule has 2 unspecified atom stereocenters. The molecular formula is C16H28N2O. The lowest BCUT2D eigenvalue weighted by Gasteiger charge is -2.43. The van der Waals surface area contributed by atoms with Crippen LogP contribution in [-0.2, 0) is 4.79 Å². The summed E-state index contributed by atoms with van der Waals surface area (Å²) < 4.78 is 0. The first kappa shape index (κ1) is 13.4. The normalized spacial score (nSPS) is 39.9. The van der Waals surface area contributed by atoms with E-state index in [1.807, 2.05) is 0 Å². The number of carbonyl (C=O) groups is 1. The molecule has 1 N–H and O–H groups in total. The first-order chi connectivity index (χ1) is 9.20. The summed E-state index contributed by atoms with van der Waals surface area (Å²) in [6.45, 7) is 4.48. The van der Waals surface area contributed by atoms with E-state index < -0.39 is 0 Å². The number of carbonyl (C=O) groups excluding carboxylic acids is 1. The van der Waals surface area contributed by atoms with Crippen molar-refractivity contribution in [3.63, 3.8) is 0 Å². The summed E-state index contributed by atoms with van der Waals surface area (Å²) in [5.41, 5.74) is 0. The van der Waals surface area contributed by atoms with E-state index >= 15 is 0 Å². The molecule has 0 aromatic rings. The van der Waals surface area contributed by atoms with Gasteiger partial charge in [0, 0.05) is 6.04 Å². The van der Waals surface area contributed by atoms with Gasteiger partial charge in [0.1, 0.15) is 0 Å². The Morgan fingerprint density at radius 2 is 1.95 bits per heavy atom. The van der Waals surface area contributed by atoms with Gasteiger partial charge in [0.25, 0.3) is 0 Å². The van der Waals surface area contributed by atoms with Crippen molar-refractivity contribution in [3.05, 3.63) is 0 Å². The molecule has 0 radical (unpaired) electrons. The molecule has 19 heavy (non-hydrogen) atoms. The van der Waals surface area contributed by atoms with Crippen molar-refractivity contribution in [2.45, 2.75) is 83.5 Å². The Morgan fingerprint density at radius 1 is 1.26 bits per heavy atom. The van der Waals surface area contributed by atoms with Crippen LogP contribution in [0, 0.1) is 11.8 Å². The second kappa shape index (κ2) is 5.43. The van der Waals surface area contributed by atoms with Crippen molar-refractivity contribution < 1.29 is 4.79 Å². The monoisotopic (exact) mass is 264 g/mol. The maximum Gasteiger partial charge on any atom is 0.241 e. The predicted molar refractivity (Wildman–Crippen MR) is 76.6 cm³/mol. The fourth-order valence-electron chi connectivity index (χ4n) is 4.30. The lowest BCUT2D eigenvalue weighted by Crippen LogP contribution is -2.52. The third-order valence-corrected chi connectivity index (χ3v) is 5.39. The van der Waals surface area contributed by atoms with Crippen molar-refractivity contribution in [1.82, 2.24) is 10.2 Å². The largest absolute Gasteiger partial charge is 0.323 e. The van der Waals surface area contributed by atoms with Gasteiger partial charge in [-0.05, 0) is 43.9 Å². The molecule has 2 aliphatic carbocycles. The van der Waals surface area contributed by atoms with Crippen LogP contribution in [0.15, 0.2) is 0 Å². The zero-order valence-electron chi connectivity index (χ0n) is 12.4. The van der Waals surface area contributed by atoms with E-state index in [0.29, 0.717) is 24.0 Å². The van der Waals surface area contributed by atoms with Gasteiger partial charge in [-0.25, -0.2) is 0 Å². The highest BCUT2D eigenvalue weighted by molar-refractivity contribution is 5.84. The lowest BCUT2D eigenvalue weighted by atomic mass is 9.80. The van der Waals surface area contributed by atoms with E-state index in [1.165, 1.54) is 38.5 Å². The molecule has 1 heterocycles. The number of amides is 1. The number of nitrogens with one attached hydrogen (secondary N) is 1. The van der Waals surface area contributed by atoms with E-state index in [1.54, 1.807) is 0 Å². The average Bonchev–Trinajstić information content (AvgIpc) is 2.96. The average molecular weight is 264 g/mol. The second-order valence-electron chi connectivity index (χ2n) is 6.97. The molecule has 3 rings (SSSR count). The van der Waals surface area contributed by atoms with E-state index in [-0.39, 0.29) is 6.04 Å². The van der Waals surface area contributed by atoms with Gasteiger partial charge >= 0.3 is 0 Å². The molecule has 3 aliphatic rings. The summed E-state index contributed by atoms with van der Waals surface area (Å²) in [5.74, 6) is 1.92. The summed E-state index contributed by atoms with van der Waals surface area (Å²) in [4.78, 5) is 14.9. The Balaban J connectivity index is 1.73. The van der Waals surface area contributed by atoms with Crippen molar-refractivity contribution >= 4 is 5.91 Å². The van der Waals surface area contributed by atoms with Gasteiger partial charge in [0.15, 0.2) is 0 Å². The van der Waals surface area contributed by atoms with Crippen LogP contribution in [0.4, 0.5) is 0 Å². The molecule has 0 spiro atoms. The van der Waals surface area contributed by atoms with Crippen LogP contribution in [-0.4, -0.2) is 29.1 Å². The summed E-state index contributed by atoms with van der Waals surface area (Å²) >= 11 is 0. The van der Waals surface area contributed by atoms with E-state index in [2.05, 4.69) is 24.1 Å². The van der Waals surface area contributed by atoms with Gasteiger partial charge in [-0.3, -0.25) is 10.1 Å². The molecule has 108 valence electrons. The smallest absolute Gasteiger partial charge is 0.241 e. The van der Waals surface area contributed by atoms with Gasteiger partial charge in [0.2, 0.25) is 5.91 Å². The van der Waals surface area contributed by atoms with E-state index in [0.717, 1.165) is 18.8 Å². The van der Waals surface area contributed by atoms with Crippen LogP contribution in [0.3, 0.4) is 0 Å². The Morgan fingerprint density at radius 3 is 2.53 bits per heavy atom. The Hall–Kier alpha value is -0.570. The molecule has 0 aromatic carbocycles. The van der Waals surface area contributed by atoms with Crippen molar-refractivity contribution in [2.24, 2.45) is 11.8 Å². The van der Waals surface area contributed by atoms with Gasteiger partial charge in [0.05, 0.1) is 12.2 Å². The van der Waals surface area contributed by atoms with Crippen LogP contribution in [0.2, 0.25) is 0 Å². The quantitative estimate of drug-likeness (QED) is 0.847. The highest BCUT2D eigenvalue weighted by Gasteiger charge is 2.47. The van der Waals surface area contributed by atoms with Crippen LogP contribution in [0.5, 0.6) is 0 Å². The molecule has 3 fully saturated rings. The number of nitrogens with zero attached hydrogens (tertiary/aromatic N) is 1. The molecule has 1 amide bonds. The van der Waals surface area contributed by atoms with E-state index in [9.17, 15) is 4.79 Å². The minimum absolute atomic E-state index is 0.103. The zero-order valence-corrected chi connectivity index (χ0v) is 12.4. The maximum atomic E-state index is 12.7. The number of rotatable bonds is 4. The van der Waals surface area contributed by atoms with E-state index in [4.69, 9.17) is 0 Å². The van der Waals surface area contributed by atoms with Crippen LogP contribution in [0.1, 0.15) is 65.2 Å². The van der Waals surface area contributed by atoms with Gasteiger partial charge in [-0.1, -0.05) is 33.1 Å². The molecule has 3 heteroatoms. The Bertz CT molecular complexity index is 332. The minimum atomic E-state index is 0.103. The zero-order chi connectivity index (χ0) is 13.4. The highest BCUT2D eigenvalue weighted by Crippen LogP contribution is 2.39. The van der Waals surface area contributed by atoms with Crippen LogP contribution in [0.25, 0.3) is 0 Å². The summed E-state index contributed by atoms with van der Waals surface area (Å²) in [5, 5.41) is 3.67. The maximum absolute atomic E-state index is 12.7. The molecule has 1 saturated heterocycles. The first-order valence-electron chi connectivity index (χ1n) is 8.29. The predicted octanol–water partition coefficient (Wildman–Crippen LogP) is 2.90. The molecule has 1 aliphatic heterocycles. The lowest BCUT2D eigenvalue weighted by molar-refractivity contribution is -0.136. The fraction of sp³-hybridized carbons (Fsp3) is 0.938. The van der Waals surface area contributed by atoms with Gasteiger partial charge in [-0.2, -0.15) is 0 Å². The highest BCUT2D eigenvalue weighted by atomic mass is 16.2. The summed E-state index contributed by atoms with van der Waals surface area (Å²) in [6, 6.07) is 0.633.